The van der Waals surface area contributed by atoms with Gasteiger partial charge in [-0.25, -0.2) is 9.59 Å². The Morgan fingerprint density at radius 3 is 2.33 bits per heavy atom. The van der Waals surface area contributed by atoms with Gasteiger partial charge in [0.1, 0.15) is 23.6 Å². The number of para-hydroxylation sites is 1. The molecule has 9 nitrogen and oxygen atoms in total. The molecule has 0 bridgehead atoms. The molecule has 0 aliphatic carbocycles. The molecule has 0 radical (unpaired) electrons. The van der Waals surface area contributed by atoms with E-state index in [1.54, 1.807) is 30.0 Å². The number of carbonyl (C=O) groups excluding carboxylic acids is 3. The van der Waals surface area contributed by atoms with Crippen LogP contribution in [0.15, 0.2) is 48.5 Å². The molecule has 0 atom stereocenters. The highest BCUT2D eigenvalue weighted by Gasteiger charge is 2.26. The van der Waals surface area contributed by atoms with E-state index < -0.39 is 17.7 Å². The number of benzene rings is 2. The van der Waals surface area contributed by atoms with Gasteiger partial charge in [0.2, 0.25) is 0 Å². The Morgan fingerprint density at radius 2 is 1.65 bits per heavy atom. The Labute approximate surface area is 237 Å². The number of nitrogens with zero attached hydrogens (tertiary/aromatic N) is 1. The zero-order chi connectivity index (χ0) is 29.0. The molecule has 2 aromatic carbocycles. The number of piperidine rings is 1. The van der Waals surface area contributed by atoms with E-state index in [2.05, 4.69) is 5.32 Å². The molecule has 2 amide bonds. The minimum Gasteiger partial charge on any atom is -0.491 e. The summed E-state index contributed by atoms with van der Waals surface area (Å²) in [7, 11) is 0. The summed E-state index contributed by atoms with van der Waals surface area (Å²) < 4.78 is 22.3. The number of anilines is 1. The lowest BCUT2D eigenvalue weighted by atomic mass is 9.92. The van der Waals surface area contributed by atoms with Crippen LogP contribution in [0.5, 0.6) is 11.5 Å². The summed E-state index contributed by atoms with van der Waals surface area (Å²) in [5.74, 6) is 0.754. The second kappa shape index (κ2) is 15.1. The van der Waals surface area contributed by atoms with Gasteiger partial charge >= 0.3 is 18.2 Å². The minimum atomic E-state index is -0.675. The van der Waals surface area contributed by atoms with Gasteiger partial charge < -0.3 is 23.8 Å². The van der Waals surface area contributed by atoms with Gasteiger partial charge in [-0.2, -0.15) is 0 Å². The summed E-state index contributed by atoms with van der Waals surface area (Å²) in [5, 5.41) is 2.69. The van der Waals surface area contributed by atoms with Crippen molar-refractivity contribution in [1.82, 2.24) is 4.90 Å². The number of rotatable bonds is 11. The van der Waals surface area contributed by atoms with E-state index in [9.17, 15) is 14.4 Å². The lowest BCUT2D eigenvalue weighted by Crippen LogP contribution is -2.41. The zero-order valence-electron chi connectivity index (χ0n) is 24.1. The van der Waals surface area contributed by atoms with Crippen molar-refractivity contribution in [3.05, 3.63) is 54.1 Å². The second-order valence-corrected chi connectivity index (χ2v) is 10.9. The van der Waals surface area contributed by atoms with Gasteiger partial charge in [0.05, 0.1) is 6.61 Å². The van der Waals surface area contributed by atoms with Crippen LogP contribution in [0.4, 0.5) is 15.3 Å². The predicted octanol–water partition coefficient (Wildman–Crippen LogP) is 6.95. The minimum absolute atomic E-state index is 0.108. The maximum atomic E-state index is 12.6. The molecule has 1 N–H and O–H groups in total. The van der Waals surface area contributed by atoms with E-state index in [0.29, 0.717) is 18.3 Å². The van der Waals surface area contributed by atoms with Crippen LogP contribution < -0.4 is 14.8 Å². The van der Waals surface area contributed by atoms with Gasteiger partial charge in [-0.1, -0.05) is 49.7 Å². The number of carbonyl (C=O) groups is 3. The number of amides is 2. The standard InChI is InChI=1S/C31H42N2O7/c1-5-27(34)39-26-16-11-15-25(28(26)32-29(35)38-22-24-13-7-6-8-14-24)37-21-10-9-12-23-17-19-33(20-18-23)30(36)40-31(2,3)4/h6-8,11,13-16,23H,5,9-10,12,17-22H2,1-4H3,(H,32,35). The molecule has 0 saturated carbocycles. The van der Waals surface area contributed by atoms with Gasteiger partial charge in [-0.3, -0.25) is 10.1 Å². The Hall–Kier alpha value is -3.75. The summed E-state index contributed by atoms with van der Waals surface area (Å²) >= 11 is 0. The normalized spacial score (nSPS) is 13.8. The van der Waals surface area contributed by atoms with Crippen LogP contribution in [-0.4, -0.2) is 48.4 Å². The van der Waals surface area contributed by atoms with Crippen LogP contribution >= 0.6 is 0 Å². The van der Waals surface area contributed by atoms with Crippen molar-refractivity contribution in [3.8, 4) is 11.5 Å². The van der Waals surface area contributed by atoms with Crippen molar-refractivity contribution in [2.24, 2.45) is 5.92 Å². The first-order valence-electron chi connectivity index (χ1n) is 14.1. The highest BCUT2D eigenvalue weighted by atomic mass is 16.6. The first-order valence-corrected chi connectivity index (χ1v) is 14.1. The quantitative estimate of drug-likeness (QED) is 0.182. The third-order valence-electron chi connectivity index (χ3n) is 6.47. The first kappa shape index (κ1) is 30.8. The number of nitrogens with one attached hydrogen (secondary N) is 1. The monoisotopic (exact) mass is 554 g/mol. The second-order valence-electron chi connectivity index (χ2n) is 10.9. The first-order chi connectivity index (χ1) is 19.1. The van der Waals surface area contributed by atoms with Gasteiger partial charge in [-0.15, -0.1) is 0 Å². The smallest absolute Gasteiger partial charge is 0.412 e. The molecule has 40 heavy (non-hydrogen) atoms. The summed E-state index contributed by atoms with van der Waals surface area (Å²) in [6.07, 6.45) is 4.06. The third kappa shape index (κ3) is 10.4. The van der Waals surface area contributed by atoms with Crippen LogP contribution in [0.1, 0.15) is 71.8 Å². The maximum Gasteiger partial charge on any atom is 0.412 e. The van der Waals surface area contributed by atoms with E-state index in [1.807, 2.05) is 51.1 Å². The fourth-order valence-electron chi connectivity index (χ4n) is 4.34. The molecule has 1 saturated heterocycles. The molecule has 0 aromatic heterocycles. The summed E-state index contributed by atoms with van der Waals surface area (Å²) in [5.41, 5.74) is 0.635. The molecular formula is C31H42N2O7. The SMILES string of the molecule is CCC(=O)Oc1cccc(OCCCCC2CCN(C(=O)OC(C)(C)C)CC2)c1NC(=O)OCc1ccccc1. The Bertz CT molecular complexity index is 1110. The van der Waals surface area contributed by atoms with E-state index in [4.69, 9.17) is 18.9 Å². The number of likely N-dealkylation sites (tertiary alicyclic amines) is 1. The topological polar surface area (TPSA) is 103 Å². The van der Waals surface area contributed by atoms with Crippen molar-refractivity contribution in [3.63, 3.8) is 0 Å². The van der Waals surface area contributed by atoms with Crippen molar-refractivity contribution in [2.45, 2.75) is 78.4 Å². The lowest BCUT2D eigenvalue weighted by molar-refractivity contribution is -0.133. The number of esters is 1. The van der Waals surface area contributed by atoms with Crippen LogP contribution in [0, 0.1) is 5.92 Å². The van der Waals surface area contributed by atoms with Crippen molar-refractivity contribution >= 4 is 23.8 Å². The predicted molar refractivity (Wildman–Crippen MR) is 152 cm³/mol. The average molecular weight is 555 g/mol. The summed E-state index contributed by atoms with van der Waals surface area (Å²) in [6, 6.07) is 14.4. The van der Waals surface area contributed by atoms with Crippen molar-refractivity contribution in [2.75, 3.05) is 25.0 Å². The highest BCUT2D eigenvalue weighted by Crippen LogP contribution is 2.35. The number of unbranched alkanes of at least 4 members (excludes halogenated alkanes) is 1. The summed E-state index contributed by atoms with van der Waals surface area (Å²) in [4.78, 5) is 38.6. The largest absolute Gasteiger partial charge is 0.491 e. The van der Waals surface area contributed by atoms with Gasteiger partial charge in [-0.05, 0) is 70.1 Å². The molecule has 3 rings (SSSR count). The van der Waals surface area contributed by atoms with Crippen molar-refractivity contribution in [1.29, 1.82) is 0 Å². The van der Waals surface area contributed by atoms with E-state index in [0.717, 1.165) is 50.8 Å². The number of hydrogen-bond acceptors (Lipinski definition) is 7. The number of hydrogen-bond donors (Lipinski definition) is 1. The molecule has 0 unspecified atom stereocenters. The Balaban J connectivity index is 1.48. The average Bonchev–Trinajstić information content (AvgIpc) is 2.93. The molecule has 0 spiro atoms. The van der Waals surface area contributed by atoms with Crippen LogP contribution in [-0.2, 0) is 20.9 Å². The van der Waals surface area contributed by atoms with E-state index in [-0.39, 0.29) is 30.6 Å². The third-order valence-corrected chi connectivity index (χ3v) is 6.47. The molecule has 2 aromatic rings. The fourth-order valence-corrected chi connectivity index (χ4v) is 4.34. The Morgan fingerprint density at radius 1 is 0.950 bits per heavy atom. The van der Waals surface area contributed by atoms with Crippen LogP contribution in [0.2, 0.25) is 0 Å². The van der Waals surface area contributed by atoms with Crippen LogP contribution in [0.25, 0.3) is 0 Å². The lowest BCUT2D eigenvalue weighted by Gasteiger charge is -2.33. The highest BCUT2D eigenvalue weighted by molar-refractivity contribution is 5.90. The maximum absolute atomic E-state index is 12.6. The van der Waals surface area contributed by atoms with E-state index in [1.165, 1.54) is 0 Å². The van der Waals surface area contributed by atoms with Gasteiger partial charge in [0.25, 0.3) is 0 Å². The van der Waals surface area contributed by atoms with Gasteiger partial charge in [0, 0.05) is 19.5 Å². The fraction of sp³-hybridized carbons (Fsp3) is 0.516. The summed E-state index contributed by atoms with van der Waals surface area (Å²) in [6.45, 7) is 9.32. The molecule has 1 heterocycles. The molecule has 9 heteroatoms. The van der Waals surface area contributed by atoms with Gasteiger partial charge in [0.15, 0.2) is 5.75 Å². The van der Waals surface area contributed by atoms with Crippen molar-refractivity contribution < 1.29 is 33.3 Å². The van der Waals surface area contributed by atoms with E-state index >= 15 is 0 Å². The zero-order valence-corrected chi connectivity index (χ0v) is 24.1. The van der Waals surface area contributed by atoms with Crippen LogP contribution in [0.3, 0.4) is 0 Å². The molecule has 218 valence electrons. The number of ether oxygens (including phenoxy) is 4. The Kier molecular flexibility index (Phi) is 11.7. The molecule has 1 aliphatic rings. The molecule has 1 fully saturated rings. The molecular weight excluding hydrogens is 512 g/mol. The molecule has 1 aliphatic heterocycles.